The molecule has 1 N–H and O–H groups in total. The van der Waals surface area contributed by atoms with E-state index < -0.39 is 0 Å². The summed E-state index contributed by atoms with van der Waals surface area (Å²) in [5.41, 5.74) is 1.09. The largest absolute Gasteiger partial charge is 0.379 e. The van der Waals surface area contributed by atoms with Crippen molar-refractivity contribution < 1.29 is 4.74 Å². The molecule has 17 heavy (non-hydrogen) atoms. The molecule has 0 bridgehead atoms. The van der Waals surface area contributed by atoms with E-state index in [2.05, 4.69) is 28.0 Å². The van der Waals surface area contributed by atoms with Crippen LogP contribution < -0.4 is 5.32 Å². The average molecular weight is 235 g/mol. The highest BCUT2D eigenvalue weighted by atomic mass is 16.5. The summed E-state index contributed by atoms with van der Waals surface area (Å²) in [6, 6.07) is 1.11. The number of imidazole rings is 1. The van der Waals surface area contributed by atoms with E-state index in [0.717, 1.165) is 11.6 Å². The van der Waals surface area contributed by atoms with Crippen LogP contribution in [0.15, 0.2) is 6.20 Å². The minimum atomic E-state index is 0.350. The summed E-state index contributed by atoms with van der Waals surface area (Å²) in [4.78, 5) is 4.60. The lowest BCUT2D eigenvalue weighted by Crippen LogP contribution is -2.22. The molecule has 2 fully saturated rings. The molecule has 0 amide bonds. The zero-order chi connectivity index (χ0) is 11.8. The van der Waals surface area contributed by atoms with Crippen molar-refractivity contribution in [1.29, 1.82) is 0 Å². The molecule has 4 nitrogen and oxygen atoms in total. The van der Waals surface area contributed by atoms with Crippen molar-refractivity contribution in [3.8, 4) is 0 Å². The summed E-state index contributed by atoms with van der Waals surface area (Å²) >= 11 is 0. The van der Waals surface area contributed by atoms with Crippen molar-refractivity contribution in [2.45, 2.75) is 57.2 Å². The number of ether oxygens (including phenoxy) is 1. The van der Waals surface area contributed by atoms with Gasteiger partial charge >= 0.3 is 0 Å². The van der Waals surface area contributed by atoms with Gasteiger partial charge in [0.15, 0.2) is 0 Å². The predicted molar refractivity (Wildman–Crippen MR) is 67.3 cm³/mol. The van der Waals surface area contributed by atoms with Gasteiger partial charge in [-0.1, -0.05) is 0 Å². The number of aryl methyl sites for hydroxylation is 1. The molecule has 2 saturated carbocycles. The van der Waals surface area contributed by atoms with Crippen LogP contribution in [0.25, 0.3) is 0 Å². The Morgan fingerprint density at radius 2 is 2.18 bits per heavy atom. The van der Waals surface area contributed by atoms with E-state index in [9.17, 15) is 0 Å². The van der Waals surface area contributed by atoms with Gasteiger partial charge in [0.25, 0.3) is 0 Å². The average Bonchev–Trinajstić information content (AvgIpc) is 2.88. The monoisotopic (exact) mass is 235 g/mol. The quantitative estimate of drug-likeness (QED) is 0.871. The van der Waals surface area contributed by atoms with Gasteiger partial charge in [-0.15, -0.1) is 0 Å². The van der Waals surface area contributed by atoms with Crippen LogP contribution in [0.2, 0.25) is 0 Å². The van der Waals surface area contributed by atoms with E-state index in [1.165, 1.54) is 32.1 Å². The van der Waals surface area contributed by atoms with Crippen LogP contribution in [0.5, 0.6) is 0 Å². The SMILES string of the molecule is COC1CCCC1n1cc(C)nc1NC1CC1. The molecular formula is C13H21N3O. The lowest BCUT2D eigenvalue weighted by atomic mass is 10.2. The number of hydrogen-bond acceptors (Lipinski definition) is 3. The van der Waals surface area contributed by atoms with E-state index in [0.29, 0.717) is 18.2 Å². The highest BCUT2D eigenvalue weighted by Gasteiger charge is 2.31. The van der Waals surface area contributed by atoms with E-state index >= 15 is 0 Å². The van der Waals surface area contributed by atoms with Crippen LogP contribution in [0.3, 0.4) is 0 Å². The molecule has 1 aromatic heterocycles. The molecule has 1 heterocycles. The Kier molecular flexibility index (Phi) is 2.82. The minimum Gasteiger partial charge on any atom is -0.379 e. The number of nitrogens with zero attached hydrogens (tertiary/aromatic N) is 2. The van der Waals surface area contributed by atoms with Gasteiger partial charge in [0.2, 0.25) is 5.95 Å². The Morgan fingerprint density at radius 1 is 1.35 bits per heavy atom. The van der Waals surface area contributed by atoms with Gasteiger partial charge in [-0.05, 0) is 39.0 Å². The van der Waals surface area contributed by atoms with Gasteiger partial charge in [-0.2, -0.15) is 0 Å². The van der Waals surface area contributed by atoms with Crippen molar-refractivity contribution in [2.75, 3.05) is 12.4 Å². The second-order valence-electron chi connectivity index (χ2n) is 5.30. The van der Waals surface area contributed by atoms with Gasteiger partial charge in [-0.25, -0.2) is 4.98 Å². The Morgan fingerprint density at radius 3 is 2.88 bits per heavy atom. The lowest BCUT2D eigenvalue weighted by Gasteiger charge is -2.21. The highest BCUT2D eigenvalue weighted by Crippen LogP contribution is 2.35. The zero-order valence-electron chi connectivity index (χ0n) is 10.6. The molecule has 1 aromatic rings. The molecule has 94 valence electrons. The first-order valence-electron chi connectivity index (χ1n) is 6.62. The normalized spacial score (nSPS) is 28.6. The molecule has 2 unspecified atom stereocenters. The number of aromatic nitrogens is 2. The van der Waals surface area contributed by atoms with Gasteiger partial charge < -0.3 is 14.6 Å². The van der Waals surface area contributed by atoms with E-state index in [4.69, 9.17) is 4.74 Å². The van der Waals surface area contributed by atoms with Crippen molar-refractivity contribution in [3.63, 3.8) is 0 Å². The fourth-order valence-electron chi connectivity index (χ4n) is 2.79. The molecule has 0 saturated heterocycles. The molecule has 4 heteroatoms. The van der Waals surface area contributed by atoms with Crippen molar-refractivity contribution in [3.05, 3.63) is 11.9 Å². The molecule has 2 aliphatic carbocycles. The first kappa shape index (κ1) is 11.1. The van der Waals surface area contributed by atoms with Crippen LogP contribution >= 0.6 is 0 Å². The maximum atomic E-state index is 5.59. The minimum absolute atomic E-state index is 0.350. The Hall–Kier alpha value is -1.03. The summed E-state index contributed by atoms with van der Waals surface area (Å²) in [6.45, 7) is 2.06. The number of rotatable bonds is 4. The summed E-state index contributed by atoms with van der Waals surface area (Å²) < 4.78 is 7.89. The van der Waals surface area contributed by atoms with Crippen molar-refractivity contribution in [1.82, 2.24) is 9.55 Å². The summed E-state index contributed by atoms with van der Waals surface area (Å²) in [5.74, 6) is 1.04. The van der Waals surface area contributed by atoms with Crippen LogP contribution in [-0.4, -0.2) is 28.8 Å². The lowest BCUT2D eigenvalue weighted by molar-refractivity contribution is 0.0755. The second-order valence-corrected chi connectivity index (χ2v) is 5.30. The smallest absolute Gasteiger partial charge is 0.203 e. The highest BCUT2D eigenvalue weighted by molar-refractivity contribution is 5.33. The Balaban J connectivity index is 1.84. The van der Waals surface area contributed by atoms with E-state index in [-0.39, 0.29) is 0 Å². The maximum absolute atomic E-state index is 5.59. The van der Waals surface area contributed by atoms with Gasteiger partial charge in [0.1, 0.15) is 0 Å². The number of anilines is 1. The van der Waals surface area contributed by atoms with Crippen LogP contribution in [0.1, 0.15) is 43.8 Å². The van der Waals surface area contributed by atoms with Gasteiger partial charge in [-0.3, -0.25) is 0 Å². The standard InChI is InChI=1S/C13H21N3O/c1-9-8-16(11-4-3-5-12(11)17-2)13(14-9)15-10-6-7-10/h8,10-12H,3-7H2,1-2H3,(H,14,15). The third-order valence-electron chi connectivity index (χ3n) is 3.84. The molecule has 2 atom stereocenters. The summed E-state index contributed by atoms with van der Waals surface area (Å²) in [7, 11) is 1.82. The molecule has 0 aliphatic heterocycles. The number of hydrogen-bond donors (Lipinski definition) is 1. The van der Waals surface area contributed by atoms with Gasteiger partial charge in [0.05, 0.1) is 17.8 Å². The van der Waals surface area contributed by atoms with Crippen LogP contribution in [-0.2, 0) is 4.74 Å². The molecule has 2 aliphatic rings. The summed E-state index contributed by atoms with van der Waals surface area (Å²) in [5, 5.41) is 3.52. The molecule has 0 aromatic carbocycles. The number of methoxy groups -OCH3 is 1. The fourth-order valence-corrected chi connectivity index (χ4v) is 2.79. The fraction of sp³-hybridized carbons (Fsp3) is 0.769. The van der Waals surface area contributed by atoms with E-state index in [1.807, 2.05) is 7.11 Å². The third-order valence-corrected chi connectivity index (χ3v) is 3.84. The van der Waals surface area contributed by atoms with Gasteiger partial charge in [0, 0.05) is 19.3 Å². The third kappa shape index (κ3) is 2.18. The van der Waals surface area contributed by atoms with Crippen molar-refractivity contribution >= 4 is 5.95 Å². The van der Waals surface area contributed by atoms with Crippen molar-refractivity contribution in [2.24, 2.45) is 0 Å². The van der Waals surface area contributed by atoms with Crippen LogP contribution in [0.4, 0.5) is 5.95 Å². The first-order chi connectivity index (χ1) is 8.28. The maximum Gasteiger partial charge on any atom is 0.203 e. The molecular weight excluding hydrogens is 214 g/mol. The molecule has 0 radical (unpaired) electrons. The first-order valence-corrected chi connectivity index (χ1v) is 6.62. The van der Waals surface area contributed by atoms with Crippen LogP contribution in [0, 0.1) is 6.92 Å². The molecule has 3 rings (SSSR count). The Labute approximate surface area is 102 Å². The molecule has 0 spiro atoms. The summed E-state index contributed by atoms with van der Waals surface area (Å²) in [6.07, 6.45) is 8.70. The predicted octanol–water partition coefficient (Wildman–Crippen LogP) is 2.51. The van der Waals surface area contributed by atoms with E-state index in [1.54, 1.807) is 0 Å². The topological polar surface area (TPSA) is 39.1 Å². The number of nitrogens with one attached hydrogen (secondary N) is 1. The second kappa shape index (κ2) is 4.33. The Bertz CT molecular complexity index is 397. The zero-order valence-corrected chi connectivity index (χ0v) is 10.6.